The second-order valence-electron chi connectivity index (χ2n) is 6.59. The third-order valence-corrected chi connectivity index (χ3v) is 4.80. The Morgan fingerprint density at radius 2 is 2.10 bits per heavy atom. The van der Waals surface area contributed by atoms with Crippen molar-refractivity contribution < 1.29 is 0 Å². The zero-order chi connectivity index (χ0) is 14.8. The van der Waals surface area contributed by atoms with Crippen molar-refractivity contribution in [2.45, 2.75) is 44.8 Å². The van der Waals surface area contributed by atoms with Crippen LogP contribution in [0.3, 0.4) is 0 Å². The first kappa shape index (κ1) is 15.1. The molecule has 1 aromatic carbocycles. The van der Waals surface area contributed by atoms with E-state index in [1.165, 1.54) is 37.1 Å². The molecule has 1 saturated carbocycles. The number of likely N-dealkylation sites (N-methyl/N-ethyl adjacent to an activating group) is 1. The fourth-order valence-corrected chi connectivity index (χ4v) is 3.39. The lowest BCUT2D eigenvalue weighted by molar-refractivity contribution is 0.337. The Balaban J connectivity index is 1.81. The number of hydrogen-bond donors (Lipinski definition) is 1. The number of benzene rings is 1. The summed E-state index contributed by atoms with van der Waals surface area (Å²) in [5.41, 5.74) is 2.70. The molecule has 2 fully saturated rings. The van der Waals surface area contributed by atoms with Crippen LogP contribution in [0.1, 0.15) is 31.7 Å². The first-order valence-corrected chi connectivity index (χ1v) is 8.48. The largest absolute Gasteiger partial charge is 0.367 e. The predicted molar refractivity (Wildman–Crippen MR) is 90.2 cm³/mol. The highest BCUT2D eigenvalue weighted by molar-refractivity contribution is 6.30. The molecule has 2 aliphatic rings. The zero-order valence-electron chi connectivity index (χ0n) is 13.1. The summed E-state index contributed by atoms with van der Waals surface area (Å²) in [6, 6.07) is 7.61. The van der Waals surface area contributed by atoms with Gasteiger partial charge in [0, 0.05) is 42.4 Å². The van der Waals surface area contributed by atoms with E-state index in [2.05, 4.69) is 41.2 Å². The third kappa shape index (κ3) is 3.91. The minimum atomic E-state index is 0.524. The summed E-state index contributed by atoms with van der Waals surface area (Å²) in [6.45, 7) is 6.68. The van der Waals surface area contributed by atoms with Crippen LogP contribution in [0.5, 0.6) is 0 Å². The molecule has 0 aromatic heterocycles. The van der Waals surface area contributed by atoms with Crippen molar-refractivity contribution >= 4 is 17.3 Å². The molecular weight excluding hydrogens is 282 g/mol. The number of anilines is 1. The van der Waals surface area contributed by atoms with E-state index in [-0.39, 0.29) is 0 Å². The lowest BCUT2D eigenvalue weighted by atomic mass is 10.1. The smallest absolute Gasteiger partial charge is 0.0429 e. The molecule has 1 heterocycles. The third-order valence-electron chi connectivity index (χ3n) is 4.56. The van der Waals surface area contributed by atoms with Crippen molar-refractivity contribution in [1.82, 2.24) is 10.2 Å². The van der Waals surface area contributed by atoms with Gasteiger partial charge < -0.3 is 15.1 Å². The summed E-state index contributed by atoms with van der Waals surface area (Å²) < 4.78 is 0. The van der Waals surface area contributed by atoms with Crippen LogP contribution < -0.4 is 10.2 Å². The molecule has 1 N–H and O–H groups in total. The lowest BCUT2D eigenvalue weighted by Crippen LogP contribution is -2.38. The first-order valence-electron chi connectivity index (χ1n) is 8.10. The van der Waals surface area contributed by atoms with E-state index in [1.54, 1.807) is 0 Å². The Morgan fingerprint density at radius 1 is 1.29 bits per heavy atom. The van der Waals surface area contributed by atoms with Crippen molar-refractivity contribution in [3.05, 3.63) is 28.8 Å². The van der Waals surface area contributed by atoms with Gasteiger partial charge >= 0.3 is 0 Å². The van der Waals surface area contributed by atoms with E-state index in [1.807, 2.05) is 6.07 Å². The van der Waals surface area contributed by atoms with Gasteiger partial charge in [0.1, 0.15) is 0 Å². The van der Waals surface area contributed by atoms with Crippen molar-refractivity contribution in [2.75, 3.05) is 31.6 Å². The van der Waals surface area contributed by atoms with E-state index in [0.717, 1.165) is 30.7 Å². The fraction of sp³-hybridized carbons (Fsp3) is 0.647. The monoisotopic (exact) mass is 307 g/mol. The maximum atomic E-state index is 6.27. The highest BCUT2D eigenvalue weighted by Gasteiger charge is 2.24. The average Bonchev–Trinajstić information content (AvgIpc) is 3.26. The second-order valence-corrected chi connectivity index (χ2v) is 7.02. The maximum absolute atomic E-state index is 6.27. The van der Waals surface area contributed by atoms with Crippen molar-refractivity contribution in [3.63, 3.8) is 0 Å². The predicted octanol–water partition coefficient (Wildman–Crippen LogP) is 3.12. The van der Waals surface area contributed by atoms with E-state index in [4.69, 9.17) is 11.6 Å². The molecule has 0 bridgehead atoms. The zero-order valence-corrected chi connectivity index (χ0v) is 13.9. The topological polar surface area (TPSA) is 18.5 Å². The summed E-state index contributed by atoms with van der Waals surface area (Å²) in [5, 5.41) is 4.47. The molecule has 116 valence electrons. The van der Waals surface area contributed by atoms with Gasteiger partial charge in [0.25, 0.3) is 0 Å². The van der Waals surface area contributed by atoms with Crippen LogP contribution in [0.15, 0.2) is 18.2 Å². The summed E-state index contributed by atoms with van der Waals surface area (Å²) >= 11 is 6.27. The fourth-order valence-electron chi connectivity index (χ4n) is 3.23. The van der Waals surface area contributed by atoms with E-state index >= 15 is 0 Å². The quantitative estimate of drug-likeness (QED) is 0.922. The van der Waals surface area contributed by atoms with Crippen LogP contribution in [0.4, 0.5) is 5.69 Å². The molecule has 3 nitrogen and oxygen atoms in total. The highest BCUT2D eigenvalue weighted by Crippen LogP contribution is 2.29. The van der Waals surface area contributed by atoms with Crippen LogP contribution in [0, 0.1) is 0 Å². The molecule has 4 heteroatoms. The van der Waals surface area contributed by atoms with Crippen molar-refractivity contribution in [2.24, 2.45) is 0 Å². The molecule has 3 rings (SSSR count). The molecule has 0 radical (unpaired) electrons. The van der Waals surface area contributed by atoms with Crippen molar-refractivity contribution in [1.29, 1.82) is 0 Å². The van der Waals surface area contributed by atoms with Gasteiger partial charge in [-0.3, -0.25) is 0 Å². The normalized spacial score (nSPS) is 24.1. The number of rotatable bonds is 4. The Hall–Kier alpha value is -0.770. The van der Waals surface area contributed by atoms with Gasteiger partial charge in [-0.15, -0.1) is 0 Å². The summed E-state index contributed by atoms with van der Waals surface area (Å²) in [4.78, 5) is 4.97. The molecule has 21 heavy (non-hydrogen) atoms. The molecular formula is C17H26ClN3. The highest BCUT2D eigenvalue weighted by atomic mass is 35.5. The van der Waals surface area contributed by atoms with E-state index in [9.17, 15) is 0 Å². The van der Waals surface area contributed by atoms with Crippen LogP contribution in [0.25, 0.3) is 0 Å². The summed E-state index contributed by atoms with van der Waals surface area (Å²) in [6.07, 6.45) is 3.87. The Kier molecular flexibility index (Phi) is 4.72. The van der Waals surface area contributed by atoms with Gasteiger partial charge in [0.15, 0.2) is 0 Å². The molecule has 1 saturated heterocycles. The molecule has 1 aromatic rings. The van der Waals surface area contributed by atoms with Gasteiger partial charge in [0.05, 0.1) is 0 Å². The molecule has 1 aliphatic carbocycles. The number of nitrogens with zero attached hydrogens (tertiary/aromatic N) is 2. The Morgan fingerprint density at radius 3 is 2.86 bits per heavy atom. The molecule has 1 aliphatic heterocycles. The minimum Gasteiger partial charge on any atom is -0.367 e. The average molecular weight is 308 g/mol. The maximum Gasteiger partial charge on any atom is 0.0429 e. The van der Waals surface area contributed by atoms with Crippen LogP contribution >= 0.6 is 11.6 Å². The summed E-state index contributed by atoms with van der Waals surface area (Å²) in [7, 11) is 2.22. The molecule has 1 unspecified atom stereocenters. The molecule has 0 amide bonds. The van der Waals surface area contributed by atoms with E-state index < -0.39 is 0 Å². The van der Waals surface area contributed by atoms with Crippen molar-refractivity contribution in [3.8, 4) is 0 Å². The molecule has 1 atom stereocenters. The first-order chi connectivity index (χ1) is 10.1. The van der Waals surface area contributed by atoms with Gasteiger partial charge in [0.2, 0.25) is 0 Å². The second kappa shape index (κ2) is 6.55. The number of hydrogen-bond acceptors (Lipinski definition) is 3. The van der Waals surface area contributed by atoms with Gasteiger partial charge in [-0.2, -0.15) is 0 Å². The number of nitrogens with one attached hydrogen (secondary N) is 1. The van der Waals surface area contributed by atoms with Crippen LogP contribution in [-0.4, -0.2) is 43.7 Å². The number of halogens is 1. The molecule has 0 spiro atoms. The van der Waals surface area contributed by atoms with E-state index in [0.29, 0.717) is 6.04 Å². The Bertz CT molecular complexity index is 487. The van der Waals surface area contributed by atoms with Crippen LogP contribution in [0.2, 0.25) is 5.02 Å². The Labute approximate surface area is 133 Å². The van der Waals surface area contributed by atoms with Gasteiger partial charge in [-0.25, -0.2) is 0 Å². The minimum absolute atomic E-state index is 0.524. The van der Waals surface area contributed by atoms with Crippen LogP contribution in [-0.2, 0) is 6.54 Å². The standard InChI is InChI=1S/C17H26ClN3/c1-13-12-20(2)8-3-9-21(13)17-10-15(18)5-4-14(17)11-19-16-6-7-16/h4-5,10,13,16,19H,3,6-9,11-12H2,1-2H3. The van der Waals surface area contributed by atoms with Gasteiger partial charge in [-0.1, -0.05) is 17.7 Å². The lowest BCUT2D eigenvalue weighted by Gasteiger charge is -2.32. The summed E-state index contributed by atoms with van der Waals surface area (Å²) in [5.74, 6) is 0. The van der Waals surface area contributed by atoms with Gasteiger partial charge in [-0.05, 0) is 57.5 Å². The SMILES string of the molecule is CC1CN(C)CCCN1c1cc(Cl)ccc1CNC1CC1.